The molecule has 0 saturated carbocycles. The number of hydrogen-bond donors (Lipinski definition) is 2. The summed E-state index contributed by atoms with van der Waals surface area (Å²) in [5.41, 5.74) is 4.30. The average molecular weight is 371 g/mol. The number of aromatic nitrogens is 2. The summed E-state index contributed by atoms with van der Waals surface area (Å²) in [5, 5.41) is 3.89. The maximum Gasteiger partial charge on any atom is 0.276 e. The minimum atomic E-state index is -0.151. The number of nitrogens with one attached hydrogen (secondary N) is 2. The molecule has 2 aliphatic heterocycles. The van der Waals surface area contributed by atoms with Gasteiger partial charge in [0, 0.05) is 42.0 Å². The quantitative estimate of drug-likeness (QED) is 0.677. The molecule has 140 valence electrons. The molecule has 0 atom stereocenters. The van der Waals surface area contributed by atoms with Crippen molar-refractivity contribution >= 4 is 29.0 Å². The third kappa shape index (κ3) is 3.07. The van der Waals surface area contributed by atoms with Crippen LogP contribution >= 0.6 is 0 Å². The summed E-state index contributed by atoms with van der Waals surface area (Å²) in [4.78, 5) is 26.9. The molecule has 0 bridgehead atoms. The first-order valence-corrected chi connectivity index (χ1v) is 9.67. The molecule has 1 aromatic carbocycles. The number of piperidine rings is 1. The van der Waals surface area contributed by atoms with Gasteiger partial charge in [0.2, 0.25) is 5.96 Å². The van der Waals surface area contributed by atoms with Gasteiger partial charge in [0.1, 0.15) is 11.3 Å². The number of nitrogens with zero attached hydrogens (tertiary/aromatic N) is 3. The second-order valence-electron chi connectivity index (χ2n) is 7.20. The lowest BCUT2D eigenvalue weighted by Crippen LogP contribution is -2.43. The highest BCUT2D eigenvalue weighted by Gasteiger charge is 2.25. The van der Waals surface area contributed by atoms with Gasteiger partial charge in [0.15, 0.2) is 0 Å². The predicted molar refractivity (Wildman–Crippen MR) is 111 cm³/mol. The summed E-state index contributed by atoms with van der Waals surface area (Å²) in [6.45, 7) is 1.90. The van der Waals surface area contributed by atoms with Crippen molar-refractivity contribution < 1.29 is 4.79 Å². The monoisotopic (exact) mass is 371 g/mol. The van der Waals surface area contributed by atoms with Crippen LogP contribution in [0.4, 0.5) is 0 Å². The van der Waals surface area contributed by atoms with Crippen LogP contribution in [0.5, 0.6) is 0 Å². The third-order valence-corrected chi connectivity index (χ3v) is 5.30. The molecule has 1 fully saturated rings. The van der Waals surface area contributed by atoms with Crippen molar-refractivity contribution in [2.45, 2.75) is 19.3 Å². The van der Waals surface area contributed by atoms with Crippen LogP contribution in [0, 0.1) is 0 Å². The first kappa shape index (κ1) is 16.7. The van der Waals surface area contributed by atoms with Gasteiger partial charge in [-0.05, 0) is 37.0 Å². The Hall–Kier alpha value is -3.41. The van der Waals surface area contributed by atoms with Gasteiger partial charge in [0.25, 0.3) is 5.91 Å². The highest BCUT2D eigenvalue weighted by molar-refractivity contribution is 6.14. The van der Waals surface area contributed by atoms with Crippen LogP contribution in [0.2, 0.25) is 0 Å². The molecule has 5 rings (SSSR count). The normalized spacial score (nSPS) is 18.6. The number of carbonyl (C=O) groups excluding carboxylic acids is 1. The molecular weight excluding hydrogens is 350 g/mol. The van der Waals surface area contributed by atoms with Crippen LogP contribution in [0.25, 0.3) is 28.2 Å². The molecule has 1 saturated heterocycles. The molecule has 0 unspecified atom stereocenters. The zero-order valence-electron chi connectivity index (χ0n) is 15.5. The van der Waals surface area contributed by atoms with Gasteiger partial charge in [-0.2, -0.15) is 0 Å². The summed E-state index contributed by atoms with van der Waals surface area (Å²) in [6.07, 6.45) is 9.10. The Bertz CT molecular complexity index is 1090. The first-order valence-electron chi connectivity index (χ1n) is 9.67. The van der Waals surface area contributed by atoms with E-state index in [0.717, 1.165) is 53.7 Å². The van der Waals surface area contributed by atoms with E-state index in [0.29, 0.717) is 11.7 Å². The maximum atomic E-state index is 12.4. The molecule has 0 aliphatic carbocycles. The van der Waals surface area contributed by atoms with Gasteiger partial charge < -0.3 is 9.88 Å². The van der Waals surface area contributed by atoms with E-state index in [4.69, 9.17) is 0 Å². The Kier molecular flexibility index (Phi) is 4.16. The van der Waals surface area contributed by atoms with Gasteiger partial charge in [-0.3, -0.25) is 10.1 Å². The SMILES string of the molecule is O=C1NC(N2CCCCC2)=N/C1=C\c1c[nH]c2ncc(-c3ccccc3)cc12. The molecule has 2 N–H and O–H groups in total. The summed E-state index contributed by atoms with van der Waals surface area (Å²) in [6, 6.07) is 12.2. The van der Waals surface area contributed by atoms with Crippen molar-refractivity contribution in [1.29, 1.82) is 0 Å². The molecule has 2 aromatic heterocycles. The van der Waals surface area contributed by atoms with E-state index < -0.39 is 0 Å². The van der Waals surface area contributed by atoms with Gasteiger partial charge >= 0.3 is 0 Å². The number of guanidine groups is 1. The van der Waals surface area contributed by atoms with E-state index in [1.807, 2.05) is 36.7 Å². The number of likely N-dealkylation sites (tertiary alicyclic amines) is 1. The zero-order valence-corrected chi connectivity index (χ0v) is 15.5. The highest BCUT2D eigenvalue weighted by atomic mass is 16.2. The Morgan fingerprint density at radius 3 is 2.68 bits per heavy atom. The van der Waals surface area contributed by atoms with E-state index in [1.165, 1.54) is 6.42 Å². The van der Waals surface area contributed by atoms with Crippen molar-refractivity contribution in [3.05, 3.63) is 60.1 Å². The maximum absolute atomic E-state index is 12.4. The fourth-order valence-corrected chi connectivity index (χ4v) is 3.79. The minimum Gasteiger partial charge on any atom is -0.346 e. The van der Waals surface area contributed by atoms with Crippen LogP contribution in [0.15, 0.2) is 59.5 Å². The summed E-state index contributed by atoms with van der Waals surface area (Å²) < 4.78 is 0. The molecule has 3 aromatic rings. The number of fused-ring (bicyclic) bond motifs is 1. The third-order valence-electron chi connectivity index (χ3n) is 5.30. The second kappa shape index (κ2) is 6.96. The van der Waals surface area contributed by atoms with Crippen LogP contribution in [-0.4, -0.2) is 39.8 Å². The van der Waals surface area contributed by atoms with Crippen LogP contribution in [0.1, 0.15) is 24.8 Å². The lowest BCUT2D eigenvalue weighted by atomic mass is 10.1. The number of aliphatic imine (C=N–C) groups is 1. The number of amides is 1. The smallest absolute Gasteiger partial charge is 0.276 e. The summed E-state index contributed by atoms with van der Waals surface area (Å²) in [5.74, 6) is 0.529. The molecule has 28 heavy (non-hydrogen) atoms. The highest BCUT2D eigenvalue weighted by Crippen LogP contribution is 2.26. The zero-order chi connectivity index (χ0) is 18.9. The van der Waals surface area contributed by atoms with E-state index in [-0.39, 0.29) is 5.91 Å². The molecule has 4 heterocycles. The van der Waals surface area contributed by atoms with Gasteiger partial charge in [-0.1, -0.05) is 30.3 Å². The summed E-state index contributed by atoms with van der Waals surface area (Å²) >= 11 is 0. The molecular formula is C22H21N5O. The number of benzene rings is 1. The minimum absolute atomic E-state index is 0.151. The number of H-pyrrole nitrogens is 1. The van der Waals surface area contributed by atoms with Crippen LogP contribution in [-0.2, 0) is 4.79 Å². The molecule has 0 radical (unpaired) electrons. The van der Waals surface area contributed by atoms with Gasteiger partial charge in [-0.25, -0.2) is 9.98 Å². The van der Waals surface area contributed by atoms with E-state index in [9.17, 15) is 4.79 Å². The lowest BCUT2D eigenvalue weighted by Gasteiger charge is -2.27. The second-order valence-corrected chi connectivity index (χ2v) is 7.20. The molecule has 6 nitrogen and oxygen atoms in total. The van der Waals surface area contributed by atoms with Crippen molar-refractivity contribution in [2.75, 3.05) is 13.1 Å². The topological polar surface area (TPSA) is 73.4 Å². The van der Waals surface area contributed by atoms with E-state index in [1.54, 1.807) is 0 Å². The number of hydrogen-bond acceptors (Lipinski definition) is 4. The van der Waals surface area contributed by atoms with Crippen molar-refractivity contribution in [1.82, 2.24) is 20.2 Å². The van der Waals surface area contributed by atoms with Crippen molar-refractivity contribution in [3.8, 4) is 11.1 Å². The lowest BCUT2D eigenvalue weighted by molar-refractivity contribution is -0.115. The van der Waals surface area contributed by atoms with Gasteiger partial charge in [-0.15, -0.1) is 0 Å². The number of rotatable bonds is 2. The predicted octanol–water partition coefficient (Wildman–Crippen LogP) is 3.54. The Balaban J connectivity index is 1.50. The van der Waals surface area contributed by atoms with Crippen LogP contribution < -0.4 is 5.32 Å². The Morgan fingerprint density at radius 1 is 1.04 bits per heavy atom. The van der Waals surface area contributed by atoms with Crippen molar-refractivity contribution in [3.63, 3.8) is 0 Å². The molecule has 2 aliphatic rings. The Morgan fingerprint density at radius 2 is 1.86 bits per heavy atom. The summed E-state index contributed by atoms with van der Waals surface area (Å²) in [7, 11) is 0. The number of aromatic amines is 1. The molecule has 1 amide bonds. The number of pyridine rings is 1. The average Bonchev–Trinajstić information content (AvgIpc) is 3.33. The largest absolute Gasteiger partial charge is 0.346 e. The van der Waals surface area contributed by atoms with Gasteiger partial charge in [0.05, 0.1) is 0 Å². The molecule has 0 spiro atoms. The van der Waals surface area contributed by atoms with E-state index >= 15 is 0 Å². The standard InChI is InChI=1S/C22H21N5O/c28-21-19(25-22(26-21)27-9-5-2-6-10-27)12-17-14-24-20-18(17)11-16(13-23-20)15-7-3-1-4-8-15/h1,3-4,7-8,11-14H,2,5-6,9-10H2,(H,23,24)(H,25,26,28)/b19-12-. The van der Waals surface area contributed by atoms with Crippen LogP contribution in [0.3, 0.4) is 0 Å². The van der Waals surface area contributed by atoms with E-state index in [2.05, 4.69) is 43.4 Å². The fourth-order valence-electron chi connectivity index (χ4n) is 3.79. The first-order chi connectivity index (χ1) is 13.8. The van der Waals surface area contributed by atoms with Crippen molar-refractivity contribution in [2.24, 2.45) is 4.99 Å². The Labute approximate surface area is 163 Å². The molecule has 6 heteroatoms. The number of carbonyl (C=O) groups is 1. The fraction of sp³-hybridized carbons (Fsp3) is 0.227.